The van der Waals surface area contributed by atoms with Gasteiger partial charge in [-0.15, -0.1) is 0 Å². The van der Waals surface area contributed by atoms with Crippen molar-refractivity contribution < 1.29 is 22.7 Å². The molecule has 0 atom stereocenters. The first-order chi connectivity index (χ1) is 14.8. The number of likely N-dealkylation sites (N-methyl/N-ethyl adjacent to an activating group) is 1. The monoisotopic (exact) mass is 444 g/mol. The van der Waals surface area contributed by atoms with E-state index in [-0.39, 0.29) is 17.4 Å². The standard InChI is InChI=1S/C23H28N2O5S/c1-4-25(5-2)31(28,29)21-14-11-19(12-15-21)13-16-23(27)30-18-22(26)24(3)17-20-9-7-6-8-10-20/h6-16H,4-5,17-18H2,1-3H3. The normalized spacial score (nSPS) is 11.6. The number of carbonyl (C=O) groups excluding carboxylic acids is 2. The predicted octanol–water partition coefficient (Wildman–Crippen LogP) is 2.93. The van der Waals surface area contributed by atoms with E-state index >= 15 is 0 Å². The van der Waals surface area contributed by atoms with Crippen LogP contribution in [0.15, 0.2) is 65.6 Å². The fourth-order valence-corrected chi connectivity index (χ4v) is 4.32. The molecule has 0 spiro atoms. The van der Waals surface area contributed by atoms with Crippen molar-refractivity contribution in [1.82, 2.24) is 9.21 Å². The van der Waals surface area contributed by atoms with Crippen LogP contribution in [0.4, 0.5) is 0 Å². The number of ether oxygens (including phenoxy) is 1. The highest BCUT2D eigenvalue weighted by Gasteiger charge is 2.21. The zero-order valence-corrected chi connectivity index (χ0v) is 18.8. The molecule has 0 saturated heterocycles. The molecule has 0 aromatic heterocycles. The van der Waals surface area contributed by atoms with Crippen LogP contribution >= 0.6 is 0 Å². The van der Waals surface area contributed by atoms with Gasteiger partial charge in [-0.3, -0.25) is 4.79 Å². The van der Waals surface area contributed by atoms with Crippen molar-refractivity contribution >= 4 is 28.0 Å². The number of carbonyl (C=O) groups is 2. The molecule has 0 heterocycles. The molecule has 0 radical (unpaired) electrons. The first-order valence-corrected chi connectivity index (χ1v) is 11.4. The topological polar surface area (TPSA) is 84.0 Å². The Morgan fingerprint density at radius 3 is 2.16 bits per heavy atom. The van der Waals surface area contributed by atoms with Gasteiger partial charge in [0, 0.05) is 32.8 Å². The molecule has 0 bridgehead atoms. The van der Waals surface area contributed by atoms with Crippen LogP contribution in [0.1, 0.15) is 25.0 Å². The summed E-state index contributed by atoms with van der Waals surface area (Å²) in [5, 5.41) is 0. The third-order valence-corrected chi connectivity index (χ3v) is 6.73. The zero-order chi connectivity index (χ0) is 22.9. The molecular formula is C23H28N2O5S. The number of hydrogen-bond donors (Lipinski definition) is 0. The van der Waals surface area contributed by atoms with Crippen LogP contribution in [-0.4, -0.2) is 56.2 Å². The number of benzene rings is 2. The quantitative estimate of drug-likeness (QED) is 0.416. The number of rotatable bonds is 10. The van der Waals surface area contributed by atoms with Gasteiger partial charge in [0.2, 0.25) is 10.0 Å². The minimum Gasteiger partial charge on any atom is -0.452 e. The largest absolute Gasteiger partial charge is 0.452 e. The molecule has 7 nitrogen and oxygen atoms in total. The fraction of sp³-hybridized carbons (Fsp3) is 0.304. The highest BCUT2D eigenvalue weighted by molar-refractivity contribution is 7.89. The van der Waals surface area contributed by atoms with Crippen LogP contribution in [0, 0.1) is 0 Å². The Bertz CT molecular complexity index is 998. The Labute approximate surface area is 184 Å². The second-order valence-electron chi connectivity index (χ2n) is 6.83. The van der Waals surface area contributed by atoms with E-state index in [0.29, 0.717) is 25.2 Å². The fourth-order valence-electron chi connectivity index (χ4n) is 2.86. The Morgan fingerprint density at radius 2 is 1.58 bits per heavy atom. The molecule has 31 heavy (non-hydrogen) atoms. The zero-order valence-electron chi connectivity index (χ0n) is 18.0. The minimum absolute atomic E-state index is 0.197. The number of hydrogen-bond acceptors (Lipinski definition) is 5. The maximum absolute atomic E-state index is 12.5. The van der Waals surface area contributed by atoms with E-state index in [1.807, 2.05) is 30.3 Å². The first-order valence-electron chi connectivity index (χ1n) is 10.0. The average Bonchev–Trinajstić information content (AvgIpc) is 2.77. The maximum atomic E-state index is 12.5. The van der Waals surface area contributed by atoms with Crippen LogP contribution < -0.4 is 0 Å². The van der Waals surface area contributed by atoms with E-state index in [1.165, 1.54) is 33.5 Å². The Hall–Kier alpha value is -2.97. The first kappa shape index (κ1) is 24.3. The van der Waals surface area contributed by atoms with E-state index in [9.17, 15) is 18.0 Å². The van der Waals surface area contributed by atoms with Gasteiger partial charge in [-0.2, -0.15) is 4.31 Å². The second kappa shape index (κ2) is 11.4. The number of esters is 1. The van der Waals surface area contributed by atoms with Gasteiger partial charge < -0.3 is 9.64 Å². The Morgan fingerprint density at radius 1 is 0.968 bits per heavy atom. The van der Waals surface area contributed by atoms with Crippen LogP contribution in [0.5, 0.6) is 0 Å². The Kier molecular flexibility index (Phi) is 8.96. The SMILES string of the molecule is CCN(CC)S(=O)(=O)c1ccc(C=CC(=O)OCC(=O)N(C)Cc2ccccc2)cc1. The number of sulfonamides is 1. The Balaban J connectivity index is 1.88. The van der Waals surface area contributed by atoms with Crippen molar-refractivity contribution in [3.05, 3.63) is 71.8 Å². The van der Waals surface area contributed by atoms with E-state index in [2.05, 4.69) is 0 Å². The smallest absolute Gasteiger partial charge is 0.331 e. The average molecular weight is 445 g/mol. The number of amides is 1. The van der Waals surface area contributed by atoms with Crippen LogP contribution in [0.2, 0.25) is 0 Å². The molecule has 2 rings (SSSR count). The summed E-state index contributed by atoms with van der Waals surface area (Å²) >= 11 is 0. The highest BCUT2D eigenvalue weighted by Crippen LogP contribution is 2.16. The molecule has 8 heteroatoms. The summed E-state index contributed by atoms with van der Waals surface area (Å²) in [6.45, 7) is 4.43. The van der Waals surface area contributed by atoms with Crippen molar-refractivity contribution in [3.8, 4) is 0 Å². The van der Waals surface area contributed by atoms with Gasteiger partial charge in [0.1, 0.15) is 0 Å². The molecule has 0 aliphatic carbocycles. The van der Waals surface area contributed by atoms with Gasteiger partial charge in [-0.1, -0.05) is 56.3 Å². The van der Waals surface area contributed by atoms with Crippen LogP contribution in [-0.2, 0) is 30.9 Å². The van der Waals surface area contributed by atoms with Gasteiger partial charge in [0.05, 0.1) is 4.90 Å². The molecule has 0 saturated carbocycles. The molecule has 2 aromatic rings. The second-order valence-corrected chi connectivity index (χ2v) is 8.77. The molecule has 0 N–H and O–H groups in total. The lowest BCUT2D eigenvalue weighted by molar-refractivity contribution is -0.147. The molecule has 0 unspecified atom stereocenters. The molecule has 0 fully saturated rings. The summed E-state index contributed by atoms with van der Waals surface area (Å²) in [5.74, 6) is -0.960. The van der Waals surface area contributed by atoms with E-state index in [4.69, 9.17) is 4.74 Å². The summed E-state index contributed by atoms with van der Waals surface area (Å²) in [5.41, 5.74) is 1.62. The maximum Gasteiger partial charge on any atom is 0.331 e. The highest BCUT2D eigenvalue weighted by atomic mass is 32.2. The molecular weight excluding hydrogens is 416 g/mol. The molecule has 0 aliphatic heterocycles. The minimum atomic E-state index is -3.52. The van der Waals surface area contributed by atoms with Gasteiger partial charge in [0.25, 0.3) is 5.91 Å². The summed E-state index contributed by atoms with van der Waals surface area (Å²) in [6, 6.07) is 15.7. The third kappa shape index (κ3) is 7.04. The molecule has 166 valence electrons. The van der Waals surface area contributed by atoms with Gasteiger partial charge in [-0.05, 0) is 29.3 Å². The van der Waals surface area contributed by atoms with Crippen molar-refractivity contribution in [2.75, 3.05) is 26.7 Å². The third-order valence-electron chi connectivity index (χ3n) is 4.66. The summed E-state index contributed by atoms with van der Waals surface area (Å²) < 4.78 is 31.4. The lowest BCUT2D eigenvalue weighted by Crippen LogP contribution is -2.30. The molecule has 2 aromatic carbocycles. The van der Waals surface area contributed by atoms with Crippen LogP contribution in [0.3, 0.4) is 0 Å². The van der Waals surface area contributed by atoms with Crippen molar-refractivity contribution in [1.29, 1.82) is 0 Å². The summed E-state index contributed by atoms with van der Waals surface area (Å²) in [6.07, 6.45) is 2.71. The lowest BCUT2D eigenvalue weighted by Gasteiger charge is -2.18. The van der Waals surface area contributed by atoms with Gasteiger partial charge >= 0.3 is 5.97 Å². The summed E-state index contributed by atoms with van der Waals surface area (Å²) in [7, 11) is -1.88. The van der Waals surface area contributed by atoms with Crippen LogP contribution in [0.25, 0.3) is 6.08 Å². The lowest BCUT2D eigenvalue weighted by atomic mass is 10.2. The predicted molar refractivity (Wildman–Crippen MR) is 119 cm³/mol. The van der Waals surface area contributed by atoms with E-state index < -0.39 is 16.0 Å². The van der Waals surface area contributed by atoms with Crippen molar-refractivity contribution in [2.45, 2.75) is 25.3 Å². The molecule has 1 amide bonds. The number of nitrogens with zero attached hydrogens (tertiary/aromatic N) is 2. The van der Waals surface area contributed by atoms with E-state index in [1.54, 1.807) is 33.0 Å². The van der Waals surface area contributed by atoms with Gasteiger partial charge in [0.15, 0.2) is 6.61 Å². The van der Waals surface area contributed by atoms with Gasteiger partial charge in [-0.25, -0.2) is 13.2 Å². The van der Waals surface area contributed by atoms with Crippen molar-refractivity contribution in [2.24, 2.45) is 0 Å². The summed E-state index contributed by atoms with van der Waals surface area (Å²) in [4.78, 5) is 25.7. The van der Waals surface area contributed by atoms with E-state index in [0.717, 1.165) is 5.56 Å². The molecule has 0 aliphatic rings. The van der Waals surface area contributed by atoms with Crippen molar-refractivity contribution in [3.63, 3.8) is 0 Å².